The monoisotopic (exact) mass is 425 g/mol. The summed E-state index contributed by atoms with van der Waals surface area (Å²) in [5.74, 6) is -0.170. The van der Waals surface area contributed by atoms with E-state index in [0.717, 1.165) is 35.7 Å². The molecule has 2 aromatic carbocycles. The van der Waals surface area contributed by atoms with Crippen LogP contribution in [0.2, 0.25) is 0 Å². The summed E-state index contributed by atoms with van der Waals surface area (Å²) in [5.41, 5.74) is 3.21. The van der Waals surface area contributed by atoms with Gasteiger partial charge in [-0.25, -0.2) is 8.42 Å². The van der Waals surface area contributed by atoms with Crippen LogP contribution in [0.15, 0.2) is 53.6 Å². The van der Waals surface area contributed by atoms with Gasteiger partial charge in [-0.2, -0.15) is 4.31 Å². The molecule has 1 saturated heterocycles. The molecule has 0 radical (unpaired) electrons. The van der Waals surface area contributed by atoms with Crippen molar-refractivity contribution in [1.82, 2.24) is 8.87 Å². The first-order chi connectivity index (χ1) is 14.4. The number of carbonyl (C=O) groups excluding carboxylic acids is 1. The zero-order valence-corrected chi connectivity index (χ0v) is 18.2. The number of nitrogens with zero attached hydrogens (tertiary/aromatic N) is 2. The highest BCUT2D eigenvalue weighted by Crippen LogP contribution is 2.26. The fourth-order valence-corrected chi connectivity index (χ4v) is 5.91. The van der Waals surface area contributed by atoms with Crippen LogP contribution in [0.1, 0.15) is 30.4 Å². The first kappa shape index (κ1) is 20.6. The average molecular weight is 426 g/mol. The summed E-state index contributed by atoms with van der Waals surface area (Å²) in [6.07, 6.45) is 5.03. The predicted octanol–water partition coefficient (Wildman–Crippen LogP) is 3.84. The number of sulfonamides is 1. The number of nitrogens with one attached hydrogen (secondary N) is 1. The summed E-state index contributed by atoms with van der Waals surface area (Å²) in [6, 6.07) is 13.1. The van der Waals surface area contributed by atoms with Gasteiger partial charge in [0.25, 0.3) is 0 Å². The average Bonchev–Trinajstić information content (AvgIpc) is 3.05. The zero-order valence-electron chi connectivity index (χ0n) is 17.4. The molecule has 1 fully saturated rings. The second-order valence-corrected chi connectivity index (χ2v) is 9.86. The molecule has 158 valence electrons. The van der Waals surface area contributed by atoms with Crippen LogP contribution in [-0.4, -0.2) is 36.3 Å². The lowest BCUT2D eigenvalue weighted by Gasteiger charge is -2.26. The Hall–Kier alpha value is -2.64. The number of benzene rings is 2. The third-order valence-corrected chi connectivity index (χ3v) is 7.78. The number of hydrogen-bond donors (Lipinski definition) is 1. The normalized spacial score (nSPS) is 15.4. The van der Waals surface area contributed by atoms with Crippen LogP contribution in [0, 0.1) is 6.92 Å². The summed E-state index contributed by atoms with van der Waals surface area (Å²) in [6.45, 7) is 2.90. The van der Waals surface area contributed by atoms with Crippen molar-refractivity contribution < 1.29 is 13.2 Å². The van der Waals surface area contributed by atoms with Gasteiger partial charge in [-0.1, -0.05) is 30.7 Å². The predicted molar refractivity (Wildman–Crippen MR) is 119 cm³/mol. The molecule has 1 aliphatic heterocycles. The summed E-state index contributed by atoms with van der Waals surface area (Å²) in [4.78, 5) is 13.0. The van der Waals surface area contributed by atoms with Gasteiger partial charge in [-0.05, 0) is 49.1 Å². The number of aromatic nitrogens is 1. The van der Waals surface area contributed by atoms with Gasteiger partial charge in [-0.3, -0.25) is 4.79 Å². The van der Waals surface area contributed by atoms with Crippen molar-refractivity contribution >= 4 is 32.5 Å². The minimum absolute atomic E-state index is 0.170. The van der Waals surface area contributed by atoms with E-state index in [1.165, 1.54) is 0 Å². The fourth-order valence-electron chi connectivity index (χ4n) is 4.14. The molecule has 0 unspecified atom stereocenters. The van der Waals surface area contributed by atoms with Crippen LogP contribution in [-0.2, 0) is 28.3 Å². The lowest BCUT2D eigenvalue weighted by Crippen LogP contribution is -2.36. The van der Waals surface area contributed by atoms with Gasteiger partial charge in [-0.15, -0.1) is 0 Å². The highest BCUT2D eigenvalue weighted by Gasteiger charge is 2.27. The molecule has 0 spiro atoms. The minimum Gasteiger partial charge on any atom is -0.350 e. The Morgan fingerprint density at radius 3 is 2.57 bits per heavy atom. The maximum absolute atomic E-state index is 13.1. The van der Waals surface area contributed by atoms with E-state index >= 15 is 0 Å². The number of fused-ring (bicyclic) bond motifs is 1. The molecule has 6 nitrogen and oxygen atoms in total. The molecule has 0 bridgehead atoms. The van der Waals surface area contributed by atoms with E-state index in [0.29, 0.717) is 24.3 Å². The van der Waals surface area contributed by atoms with Crippen molar-refractivity contribution in [1.29, 1.82) is 0 Å². The molecule has 1 N–H and O–H groups in total. The van der Waals surface area contributed by atoms with Gasteiger partial charge in [0.1, 0.15) is 0 Å². The highest BCUT2D eigenvalue weighted by atomic mass is 32.2. The lowest BCUT2D eigenvalue weighted by atomic mass is 10.1. The summed E-state index contributed by atoms with van der Waals surface area (Å²) >= 11 is 0. The molecule has 1 aliphatic rings. The Morgan fingerprint density at radius 2 is 1.80 bits per heavy atom. The quantitative estimate of drug-likeness (QED) is 0.675. The molecule has 3 aromatic rings. The third kappa shape index (κ3) is 4.00. The van der Waals surface area contributed by atoms with Crippen molar-refractivity contribution in [3.05, 3.63) is 59.8 Å². The Balaban J connectivity index is 1.55. The maximum atomic E-state index is 13.1. The largest absolute Gasteiger partial charge is 0.350 e. The second kappa shape index (κ2) is 8.24. The molecule has 1 aromatic heterocycles. The van der Waals surface area contributed by atoms with Crippen molar-refractivity contribution in [2.24, 2.45) is 7.05 Å². The standard InChI is InChI=1S/C23H27N3O3S/c1-17-10-11-19(15-22(17)30(28,29)26-12-6-3-7-13-26)24-23(27)14-18-16-25(2)21-9-5-4-8-20(18)21/h4-5,8-11,15-16H,3,6-7,12-14H2,1-2H3,(H,24,27). The maximum Gasteiger partial charge on any atom is 0.243 e. The van der Waals surface area contributed by atoms with Crippen LogP contribution in [0.5, 0.6) is 0 Å². The van der Waals surface area contributed by atoms with Crippen LogP contribution >= 0.6 is 0 Å². The first-order valence-electron chi connectivity index (χ1n) is 10.3. The van der Waals surface area contributed by atoms with E-state index in [4.69, 9.17) is 0 Å². The van der Waals surface area contributed by atoms with E-state index in [9.17, 15) is 13.2 Å². The molecule has 7 heteroatoms. The van der Waals surface area contributed by atoms with Gasteiger partial charge < -0.3 is 9.88 Å². The molecular formula is C23H27N3O3S. The Morgan fingerprint density at radius 1 is 1.07 bits per heavy atom. The van der Waals surface area contributed by atoms with Crippen LogP contribution in [0.25, 0.3) is 10.9 Å². The van der Waals surface area contributed by atoms with E-state index < -0.39 is 10.0 Å². The van der Waals surface area contributed by atoms with E-state index in [-0.39, 0.29) is 17.2 Å². The van der Waals surface area contributed by atoms with Crippen LogP contribution in [0.3, 0.4) is 0 Å². The summed E-state index contributed by atoms with van der Waals surface area (Å²) < 4.78 is 29.8. The molecule has 0 aliphatic carbocycles. The highest BCUT2D eigenvalue weighted by molar-refractivity contribution is 7.89. The van der Waals surface area contributed by atoms with E-state index in [2.05, 4.69) is 5.32 Å². The van der Waals surface area contributed by atoms with Gasteiger partial charge in [0.2, 0.25) is 15.9 Å². The zero-order chi connectivity index (χ0) is 21.3. The van der Waals surface area contributed by atoms with Gasteiger partial charge in [0, 0.05) is 42.9 Å². The topological polar surface area (TPSA) is 71.4 Å². The molecule has 4 rings (SSSR count). The molecule has 0 saturated carbocycles. The molecule has 2 heterocycles. The van der Waals surface area contributed by atoms with Crippen molar-refractivity contribution in [2.45, 2.75) is 37.5 Å². The third-order valence-electron chi connectivity index (χ3n) is 5.74. The number of anilines is 1. The Labute approximate surface area is 177 Å². The number of amides is 1. The van der Waals surface area contributed by atoms with Crippen molar-refractivity contribution in [3.63, 3.8) is 0 Å². The molecule has 30 heavy (non-hydrogen) atoms. The number of aryl methyl sites for hydroxylation is 2. The SMILES string of the molecule is Cc1ccc(NC(=O)Cc2cn(C)c3ccccc23)cc1S(=O)(=O)N1CCCCC1. The van der Waals surface area contributed by atoms with Gasteiger partial charge in [0.15, 0.2) is 0 Å². The number of carbonyl (C=O) groups is 1. The van der Waals surface area contributed by atoms with Gasteiger partial charge >= 0.3 is 0 Å². The number of piperidine rings is 1. The number of hydrogen-bond acceptors (Lipinski definition) is 3. The second-order valence-electron chi connectivity index (χ2n) is 7.95. The Bertz CT molecular complexity index is 1190. The Kier molecular flexibility index (Phi) is 5.66. The van der Waals surface area contributed by atoms with Crippen molar-refractivity contribution in [3.8, 4) is 0 Å². The van der Waals surface area contributed by atoms with E-state index in [1.807, 2.05) is 42.1 Å². The first-order valence-corrected chi connectivity index (χ1v) is 11.7. The van der Waals surface area contributed by atoms with E-state index in [1.54, 1.807) is 29.4 Å². The lowest BCUT2D eigenvalue weighted by molar-refractivity contribution is -0.115. The molecule has 0 atom stereocenters. The van der Waals surface area contributed by atoms with Crippen LogP contribution in [0.4, 0.5) is 5.69 Å². The van der Waals surface area contributed by atoms with Gasteiger partial charge in [0.05, 0.1) is 11.3 Å². The molecule has 1 amide bonds. The fraction of sp³-hybridized carbons (Fsp3) is 0.348. The number of rotatable bonds is 5. The smallest absolute Gasteiger partial charge is 0.243 e. The molecular weight excluding hydrogens is 398 g/mol. The van der Waals surface area contributed by atoms with Crippen LogP contribution < -0.4 is 5.32 Å². The minimum atomic E-state index is -3.56. The van der Waals surface area contributed by atoms with Crippen molar-refractivity contribution in [2.75, 3.05) is 18.4 Å². The number of para-hydroxylation sites is 1. The summed E-state index contributed by atoms with van der Waals surface area (Å²) in [5, 5.41) is 3.92. The summed E-state index contributed by atoms with van der Waals surface area (Å²) in [7, 11) is -1.60.